The zero-order valence-electron chi connectivity index (χ0n) is 22.0. The van der Waals surface area contributed by atoms with Crippen LogP contribution < -0.4 is 0 Å². The monoisotopic (exact) mass is 504 g/mol. The molecule has 36 heavy (non-hydrogen) atoms. The first-order valence-electron chi connectivity index (χ1n) is 13.6. The van der Waals surface area contributed by atoms with Crippen LogP contribution in [0.3, 0.4) is 0 Å². The Bertz CT molecular complexity index is 1000. The number of aliphatic hydroxyl groups excluding tert-OH is 4. The van der Waals surface area contributed by atoms with E-state index < -0.39 is 53.2 Å². The number of rotatable bonds is 3. The highest BCUT2D eigenvalue weighted by Gasteiger charge is 2.77. The van der Waals surface area contributed by atoms with E-state index in [4.69, 9.17) is 0 Å². The predicted octanol–water partition coefficient (Wildman–Crippen LogP) is 2.79. The summed E-state index contributed by atoms with van der Waals surface area (Å²) < 4.78 is 0. The second-order valence-corrected chi connectivity index (χ2v) is 13.5. The molecule has 1 unspecified atom stereocenters. The van der Waals surface area contributed by atoms with Crippen LogP contribution in [0.25, 0.3) is 0 Å². The molecule has 0 aromatic carbocycles. The molecule has 0 aromatic rings. The van der Waals surface area contributed by atoms with Crippen LogP contribution in [0.15, 0.2) is 23.8 Å². The zero-order valence-corrected chi connectivity index (χ0v) is 22.0. The molecule has 4 saturated carbocycles. The molecule has 0 heterocycles. The molecule has 5 aliphatic carbocycles. The number of carboxylic acid groups (broad SMARTS) is 1. The number of allylic oxidation sites excluding steroid dienone is 3. The Labute approximate surface area is 213 Å². The van der Waals surface area contributed by atoms with Crippen molar-refractivity contribution in [1.82, 2.24) is 0 Å². The highest BCUT2D eigenvalue weighted by molar-refractivity contribution is 5.77. The van der Waals surface area contributed by atoms with Gasteiger partial charge in [-0.3, -0.25) is 4.79 Å². The summed E-state index contributed by atoms with van der Waals surface area (Å²) in [6.45, 7) is 9.44. The summed E-state index contributed by atoms with van der Waals surface area (Å²) in [4.78, 5) is 12.7. The van der Waals surface area contributed by atoms with Crippen LogP contribution in [-0.4, -0.2) is 67.6 Å². The minimum atomic E-state index is -1.66. The first-order valence-corrected chi connectivity index (χ1v) is 13.6. The van der Waals surface area contributed by atoms with Gasteiger partial charge in [0, 0.05) is 17.8 Å². The fourth-order valence-corrected chi connectivity index (χ4v) is 10.2. The Morgan fingerprint density at radius 2 is 1.69 bits per heavy atom. The van der Waals surface area contributed by atoms with Gasteiger partial charge in [-0.2, -0.15) is 0 Å². The Balaban J connectivity index is 1.66. The van der Waals surface area contributed by atoms with Crippen LogP contribution >= 0.6 is 0 Å². The topological polar surface area (TPSA) is 138 Å². The number of fused-ring (bicyclic) bond motifs is 7. The lowest BCUT2D eigenvalue weighted by Crippen LogP contribution is -2.79. The van der Waals surface area contributed by atoms with Gasteiger partial charge >= 0.3 is 5.97 Å². The van der Waals surface area contributed by atoms with E-state index in [0.29, 0.717) is 32.1 Å². The molecule has 6 N–H and O–H groups in total. The minimum absolute atomic E-state index is 0.0234. The number of aliphatic hydroxyl groups is 5. The van der Waals surface area contributed by atoms with Gasteiger partial charge in [0.05, 0.1) is 41.9 Å². The van der Waals surface area contributed by atoms with Gasteiger partial charge in [0.25, 0.3) is 0 Å². The van der Waals surface area contributed by atoms with Crippen LogP contribution in [0.4, 0.5) is 0 Å². The molecule has 5 rings (SSSR count). The highest BCUT2D eigenvalue weighted by atomic mass is 16.4. The standard InChI is InChI=1S/C29H44O7/c1-17-7-8-27(23(34)35)11-9-24(2)18(19(27)13-17)5-6-20-25(24,3)10-12-29(36)26(20,4)21(32)14-22(33)28(29,15-30)16-31/h5,19-22,30-33,36H,1,6-16H2,2-4H3,(H,34,35)/t19-,20?,21+,22-,24+,25+,26-,27-,29-/m0/s1. The average molecular weight is 505 g/mol. The third kappa shape index (κ3) is 2.69. The summed E-state index contributed by atoms with van der Waals surface area (Å²) in [5.74, 6) is -0.998. The van der Waals surface area contributed by atoms with Crippen LogP contribution in [0, 0.1) is 38.9 Å². The molecular weight excluding hydrogens is 460 g/mol. The largest absolute Gasteiger partial charge is 0.481 e. The first kappa shape index (κ1) is 26.4. The van der Waals surface area contributed by atoms with E-state index in [-0.39, 0.29) is 35.5 Å². The van der Waals surface area contributed by atoms with E-state index in [0.717, 1.165) is 18.4 Å². The van der Waals surface area contributed by atoms with Crippen molar-refractivity contribution in [2.75, 3.05) is 13.2 Å². The molecule has 0 bridgehead atoms. The third-order valence-corrected chi connectivity index (χ3v) is 13.0. The Morgan fingerprint density at radius 3 is 2.31 bits per heavy atom. The van der Waals surface area contributed by atoms with E-state index in [2.05, 4.69) is 26.5 Å². The molecule has 7 heteroatoms. The first-order chi connectivity index (χ1) is 16.7. The Hall–Kier alpha value is -1.25. The van der Waals surface area contributed by atoms with E-state index in [1.54, 1.807) is 0 Å². The quantitative estimate of drug-likeness (QED) is 0.325. The molecule has 202 valence electrons. The molecule has 0 spiro atoms. The number of hydrogen-bond acceptors (Lipinski definition) is 6. The van der Waals surface area contributed by atoms with Crippen LogP contribution in [0.2, 0.25) is 0 Å². The normalized spacial score (nSPS) is 51.8. The Kier molecular flexibility index (Phi) is 5.77. The summed E-state index contributed by atoms with van der Waals surface area (Å²) in [6.07, 6.45) is 4.68. The average Bonchev–Trinajstić information content (AvgIpc) is 2.82. The number of hydrogen-bond donors (Lipinski definition) is 6. The van der Waals surface area contributed by atoms with E-state index in [9.17, 15) is 35.4 Å². The van der Waals surface area contributed by atoms with Crippen molar-refractivity contribution in [3.8, 4) is 0 Å². The lowest BCUT2D eigenvalue weighted by molar-refractivity contribution is -0.339. The summed E-state index contributed by atoms with van der Waals surface area (Å²) in [6, 6.07) is 0. The third-order valence-electron chi connectivity index (χ3n) is 13.0. The number of carbonyl (C=O) groups is 1. The minimum Gasteiger partial charge on any atom is -0.481 e. The van der Waals surface area contributed by atoms with Crippen molar-refractivity contribution in [3.05, 3.63) is 23.8 Å². The summed E-state index contributed by atoms with van der Waals surface area (Å²) in [7, 11) is 0. The smallest absolute Gasteiger partial charge is 0.310 e. The predicted molar refractivity (Wildman–Crippen MR) is 134 cm³/mol. The molecular formula is C29H44O7. The van der Waals surface area contributed by atoms with Gasteiger partial charge in [-0.05, 0) is 68.1 Å². The van der Waals surface area contributed by atoms with Crippen LogP contribution in [0.5, 0.6) is 0 Å². The highest BCUT2D eigenvalue weighted by Crippen LogP contribution is 2.76. The second kappa shape index (κ2) is 7.89. The molecule has 0 radical (unpaired) electrons. The molecule has 0 aromatic heterocycles. The fourth-order valence-electron chi connectivity index (χ4n) is 10.2. The van der Waals surface area contributed by atoms with E-state index >= 15 is 0 Å². The fraction of sp³-hybridized carbons (Fsp3) is 0.828. The van der Waals surface area contributed by atoms with Crippen molar-refractivity contribution in [2.45, 2.75) is 96.4 Å². The Morgan fingerprint density at radius 1 is 1.03 bits per heavy atom. The van der Waals surface area contributed by atoms with Crippen LogP contribution in [0.1, 0.15) is 78.6 Å². The molecule has 5 aliphatic rings. The molecule has 0 saturated heterocycles. The number of aliphatic carboxylic acids is 1. The SMILES string of the molecule is C=C1CC[C@]2(C(=O)O)CC[C@]3(C)C(=CCC4[C@@]5(C)[C@H](O)C[C@H](O)C(CO)(CO)[C@]5(O)CC[C@]43C)[C@@H]2C1. The van der Waals surface area contributed by atoms with Gasteiger partial charge in [0.2, 0.25) is 0 Å². The van der Waals surface area contributed by atoms with Crippen LogP contribution in [-0.2, 0) is 4.79 Å². The lowest BCUT2D eigenvalue weighted by Gasteiger charge is -2.74. The van der Waals surface area contributed by atoms with Crippen molar-refractivity contribution < 1.29 is 35.4 Å². The maximum atomic E-state index is 12.7. The summed E-state index contributed by atoms with van der Waals surface area (Å²) >= 11 is 0. The van der Waals surface area contributed by atoms with Gasteiger partial charge in [0.1, 0.15) is 0 Å². The maximum Gasteiger partial charge on any atom is 0.310 e. The molecule has 0 amide bonds. The van der Waals surface area contributed by atoms with Crippen molar-refractivity contribution in [1.29, 1.82) is 0 Å². The summed E-state index contributed by atoms with van der Waals surface area (Å²) in [5, 5.41) is 66.0. The second-order valence-electron chi connectivity index (χ2n) is 13.5. The molecule has 9 atom stereocenters. The lowest BCUT2D eigenvalue weighted by atomic mass is 9.32. The van der Waals surface area contributed by atoms with Gasteiger partial charge in [-0.25, -0.2) is 0 Å². The summed E-state index contributed by atoms with van der Waals surface area (Å²) in [5.41, 5.74) is -3.40. The van der Waals surface area contributed by atoms with Gasteiger partial charge in [0.15, 0.2) is 0 Å². The maximum absolute atomic E-state index is 12.7. The van der Waals surface area contributed by atoms with E-state index in [1.807, 2.05) is 6.92 Å². The molecule has 7 nitrogen and oxygen atoms in total. The van der Waals surface area contributed by atoms with Crippen molar-refractivity contribution in [2.24, 2.45) is 38.9 Å². The van der Waals surface area contributed by atoms with E-state index in [1.165, 1.54) is 5.57 Å². The zero-order chi connectivity index (χ0) is 26.5. The van der Waals surface area contributed by atoms with Gasteiger partial charge < -0.3 is 30.6 Å². The number of carboxylic acids is 1. The molecule has 0 aliphatic heterocycles. The van der Waals surface area contributed by atoms with Gasteiger partial charge in [-0.15, -0.1) is 0 Å². The van der Waals surface area contributed by atoms with Crippen molar-refractivity contribution in [3.63, 3.8) is 0 Å². The van der Waals surface area contributed by atoms with Crippen molar-refractivity contribution >= 4 is 5.97 Å². The molecule has 4 fully saturated rings. The van der Waals surface area contributed by atoms with Gasteiger partial charge in [-0.1, -0.05) is 44.6 Å².